The number of fused-ring (bicyclic) bond motifs is 6. The highest BCUT2D eigenvalue weighted by Crippen LogP contribution is 2.47. The molecular weight excluding hydrogens is 948 g/mol. The number of hydrogen-bond donors (Lipinski definition) is 0. The fourth-order valence-corrected chi connectivity index (χ4v) is 10.5. The lowest BCUT2D eigenvalue weighted by atomic mass is 9.97. The van der Waals surface area contributed by atoms with Crippen LogP contribution in [0.1, 0.15) is 33.4 Å². The van der Waals surface area contributed by atoms with Crippen molar-refractivity contribution >= 4 is 43.6 Å². The Morgan fingerprint density at radius 3 is 0.868 bits per heavy atom. The first kappa shape index (κ1) is 46.1. The predicted octanol–water partition coefficient (Wildman–Crippen LogP) is 16.6. The van der Waals surface area contributed by atoms with E-state index >= 15 is 13.2 Å². The van der Waals surface area contributed by atoms with Gasteiger partial charge in [0, 0.05) is 27.1 Å². The fourth-order valence-electron chi connectivity index (χ4n) is 10.5. The monoisotopic (exact) mass is 981 g/mol. The summed E-state index contributed by atoms with van der Waals surface area (Å²) in [5.74, 6) is 0. The van der Waals surface area contributed by atoms with Crippen LogP contribution in [-0.2, 0) is 6.18 Å². The fraction of sp³-hybridized carbons (Fsp3) is 0.0152. The van der Waals surface area contributed by atoms with Crippen LogP contribution in [0.2, 0.25) is 0 Å². The molecule has 0 saturated carbocycles. The number of aromatic nitrogens is 2. The van der Waals surface area contributed by atoms with Crippen molar-refractivity contribution < 1.29 is 13.2 Å². The zero-order chi connectivity index (χ0) is 52.2. The van der Waals surface area contributed by atoms with Crippen molar-refractivity contribution in [3.63, 3.8) is 0 Å². The molecule has 354 valence electrons. The van der Waals surface area contributed by atoms with Gasteiger partial charge in [-0.2, -0.15) is 39.5 Å². The largest absolute Gasteiger partial charge is 0.418 e. The SMILES string of the molecule is N#Cc1cccc(-c2ccc3c4ccc(-c5cccc(C#N)c5)cc4n(-c4cc(C(F)(F)F)c(-n5c6cc(-c7cccc(C#N)c7)ccc6c6ccc(-c7cccc(C#N)c7)cc65)cc4-c4cccc(C#N)c4)c3c2)c1. The minimum atomic E-state index is -4.96. The van der Waals surface area contributed by atoms with Gasteiger partial charge in [-0.25, -0.2) is 0 Å². The summed E-state index contributed by atoms with van der Waals surface area (Å²) >= 11 is 0. The Morgan fingerprint density at radius 2 is 0.566 bits per heavy atom. The number of benzene rings is 10. The molecule has 0 aliphatic carbocycles. The van der Waals surface area contributed by atoms with Gasteiger partial charge < -0.3 is 9.13 Å². The minimum Gasteiger partial charge on any atom is -0.309 e. The Morgan fingerprint density at radius 1 is 0.289 bits per heavy atom. The molecule has 0 unspecified atom stereocenters. The van der Waals surface area contributed by atoms with Crippen LogP contribution in [-0.4, -0.2) is 9.13 Å². The van der Waals surface area contributed by atoms with Crippen LogP contribution in [0.4, 0.5) is 13.2 Å². The summed E-state index contributed by atoms with van der Waals surface area (Å²) in [6.45, 7) is 0. The molecule has 0 bridgehead atoms. The van der Waals surface area contributed by atoms with Crippen LogP contribution in [0, 0.1) is 56.7 Å². The van der Waals surface area contributed by atoms with E-state index < -0.39 is 11.7 Å². The highest BCUT2D eigenvalue weighted by atomic mass is 19.4. The molecule has 76 heavy (non-hydrogen) atoms. The Bertz CT molecular complexity index is 4420. The molecule has 0 amide bonds. The molecule has 0 saturated heterocycles. The Labute approximate surface area is 433 Å². The van der Waals surface area contributed by atoms with Crippen molar-refractivity contribution in [1.29, 1.82) is 26.3 Å². The van der Waals surface area contributed by atoms with Crippen molar-refractivity contribution in [1.82, 2.24) is 9.13 Å². The summed E-state index contributed by atoms with van der Waals surface area (Å²) in [5.41, 5.74) is 9.81. The molecule has 10 heteroatoms. The summed E-state index contributed by atoms with van der Waals surface area (Å²) in [5, 5.41) is 52.6. The molecule has 12 rings (SSSR count). The molecule has 0 atom stereocenters. The smallest absolute Gasteiger partial charge is 0.309 e. The van der Waals surface area contributed by atoms with Crippen LogP contribution in [0.25, 0.3) is 111 Å². The van der Waals surface area contributed by atoms with Crippen LogP contribution < -0.4 is 0 Å². The maximum atomic E-state index is 16.7. The normalized spacial score (nSPS) is 11.3. The second kappa shape index (κ2) is 18.3. The van der Waals surface area contributed by atoms with E-state index in [1.807, 2.05) is 102 Å². The quantitative estimate of drug-likeness (QED) is 0.157. The lowest BCUT2D eigenvalue weighted by Gasteiger charge is -2.22. The standard InChI is InChI=1S/C66H34F3N7/c67-66(68,69)59-34-64(75-60-29-49(45-11-1-6-40(24-45)35-70)16-20-54(60)55-21-17-50(30-61(55)75)46-12-2-7-41(25-46)36-71)58(53-15-5-10-44(28-53)39-74)33-65(59)76-62-31-51(47-13-3-8-42(26-47)37-72)18-22-56(62)57-23-19-52(32-63(57)76)48-14-4-9-43(27-48)38-73/h1-34H. The first-order valence-corrected chi connectivity index (χ1v) is 24.0. The van der Waals surface area contributed by atoms with Crippen LogP contribution in [0.15, 0.2) is 206 Å². The summed E-state index contributed by atoms with van der Waals surface area (Å²) < 4.78 is 53.7. The van der Waals surface area contributed by atoms with Gasteiger partial charge >= 0.3 is 6.18 Å². The van der Waals surface area contributed by atoms with Crippen LogP contribution in [0.5, 0.6) is 0 Å². The molecule has 0 spiro atoms. The van der Waals surface area contributed by atoms with E-state index in [0.29, 0.717) is 94.0 Å². The van der Waals surface area contributed by atoms with Crippen molar-refractivity contribution in [2.75, 3.05) is 0 Å². The van der Waals surface area contributed by atoms with Crippen molar-refractivity contribution in [3.8, 4) is 97.4 Å². The highest BCUT2D eigenvalue weighted by Gasteiger charge is 2.37. The van der Waals surface area contributed by atoms with Gasteiger partial charge in [-0.05, 0) is 147 Å². The number of rotatable bonds is 7. The molecule has 0 N–H and O–H groups in total. The molecule has 0 fully saturated rings. The summed E-state index contributed by atoms with van der Waals surface area (Å²) in [4.78, 5) is 0. The number of nitrogens with zero attached hydrogens (tertiary/aromatic N) is 7. The average Bonchev–Trinajstić information content (AvgIpc) is 4.16. The van der Waals surface area contributed by atoms with Gasteiger partial charge in [0.15, 0.2) is 0 Å². The average molecular weight is 982 g/mol. The Kier molecular flexibility index (Phi) is 11.1. The van der Waals surface area contributed by atoms with E-state index in [2.05, 4.69) is 30.3 Å². The van der Waals surface area contributed by atoms with Gasteiger partial charge in [0.25, 0.3) is 0 Å². The maximum Gasteiger partial charge on any atom is 0.418 e. The highest BCUT2D eigenvalue weighted by molar-refractivity contribution is 6.13. The van der Waals surface area contributed by atoms with Gasteiger partial charge in [-0.15, -0.1) is 0 Å². The topological polar surface area (TPSA) is 129 Å². The van der Waals surface area contributed by atoms with E-state index in [0.717, 1.165) is 33.0 Å². The second-order valence-corrected chi connectivity index (χ2v) is 18.4. The zero-order valence-electron chi connectivity index (χ0n) is 39.9. The van der Waals surface area contributed by atoms with E-state index in [1.165, 1.54) is 6.07 Å². The zero-order valence-corrected chi connectivity index (χ0v) is 39.9. The molecule has 0 aliphatic heterocycles. The van der Waals surface area contributed by atoms with Crippen molar-refractivity contribution in [2.24, 2.45) is 0 Å². The second-order valence-electron chi connectivity index (χ2n) is 18.4. The molecule has 7 nitrogen and oxygen atoms in total. The minimum absolute atomic E-state index is 0.178. The molecule has 0 radical (unpaired) electrons. The van der Waals surface area contributed by atoms with Crippen LogP contribution in [0.3, 0.4) is 0 Å². The maximum absolute atomic E-state index is 16.7. The molecule has 2 aromatic heterocycles. The van der Waals surface area contributed by atoms with E-state index in [1.54, 1.807) is 108 Å². The third-order valence-electron chi connectivity index (χ3n) is 14.0. The lowest BCUT2D eigenvalue weighted by molar-refractivity contribution is -0.137. The van der Waals surface area contributed by atoms with Crippen molar-refractivity contribution in [2.45, 2.75) is 6.18 Å². The number of nitriles is 5. The Hall–Kier alpha value is -11.0. The molecule has 2 heterocycles. The van der Waals surface area contributed by atoms with Gasteiger partial charge in [0.05, 0.1) is 97.2 Å². The third kappa shape index (κ3) is 7.92. The van der Waals surface area contributed by atoms with Gasteiger partial charge in [0.2, 0.25) is 0 Å². The molecular formula is C66H34F3N7. The predicted molar refractivity (Wildman–Crippen MR) is 291 cm³/mol. The molecule has 10 aromatic carbocycles. The van der Waals surface area contributed by atoms with E-state index in [9.17, 15) is 26.3 Å². The first-order chi connectivity index (χ1) is 37.0. The summed E-state index contributed by atoms with van der Waals surface area (Å²) in [6.07, 6.45) is -4.96. The van der Waals surface area contributed by atoms with E-state index in [-0.39, 0.29) is 11.4 Å². The van der Waals surface area contributed by atoms with Crippen LogP contribution >= 0.6 is 0 Å². The lowest BCUT2D eigenvalue weighted by Crippen LogP contribution is -2.13. The summed E-state index contributed by atoms with van der Waals surface area (Å²) in [7, 11) is 0. The third-order valence-corrected chi connectivity index (χ3v) is 14.0. The van der Waals surface area contributed by atoms with Crippen molar-refractivity contribution in [3.05, 3.63) is 240 Å². The van der Waals surface area contributed by atoms with E-state index in [4.69, 9.17) is 0 Å². The van der Waals surface area contributed by atoms with Gasteiger partial charge in [0.1, 0.15) is 0 Å². The number of hydrogen-bond acceptors (Lipinski definition) is 5. The molecule has 0 aliphatic rings. The number of halogens is 3. The first-order valence-electron chi connectivity index (χ1n) is 24.0. The Balaban J connectivity index is 1.23. The van der Waals surface area contributed by atoms with Gasteiger partial charge in [-0.1, -0.05) is 109 Å². The van der Waals surface area contributed by atoms with Gasteiger partial charge in [-0.3, -0.25) is 0 Å². The molecule has 12 aromatic rings. The summed E-state index contributed by atoms with van der Waals surface area (Å²) in [6, 6.07) is 72.0. The number of alkyl halides is 3.